The topological polar surface area (TPSA) is 53.1 Å². The van der Waals surface area contributed by atoms with Crippen molar-refractivity contribution < 1.29 is 18.3 Å². The molecule has 0 bridgehead atoms. The third kappa shape index (κ3) is 3.53. The van der Waals surface area contributed by atoms with Gasteiger partial charge in [-0.2, -0.15) is 13.2 Å². The predicted octanol–water partition coefficient (Wildman–Crippen LogP) is 3.58. The van der Waals surface area contributed by atoms with Crippen molar-refractivity contribution in [3.63, 3.8) is 0 Å². The molecule has 2 aromatic rings. The van der Waals surface area contributed by atoms with Gasteiger partial charge in [0.2, 0.25) is 0 Å². The fourth-order valence-electron chi connectivity index (χ4n) is 1.77. The minimum atomic E-state index is -4.36. The van der Waals surface area contributed by atoms with E-state index in [4.69, 9.17) is 0 Å². The lowest BCUT2D eigenvalue weighted by Crippen LogP contribution is -2.07. The summed E-state index contributed by atoms with van der Waals surface area (Å²) >= 11 is 0. The molecule has 21 heavy (non-hydrogen) atoms. The first kappa shape index (κ1) is 14.9. The van der Waals surface area contributed by atoms with Crippen LogP contribution in [0.1, 0.15) is 22.4 Å². The van der Waals surface area contributed by atoms with E-state index in [1.54, 1.807) is 25.1 Å². The summed E-state index contributed by atoms with van der Waals surface area (Å²) in [6, 6.07) is 6.22. The molecule has 1 aromatic heterocycles. The highest BCUT2D eigenvalue weighted by atomic mass is 19.4. The van der Waals surface area contributed by atoms with Crippen molar-refractivity contribution in [2.45, 2.75) is 13.1 Å². The maximum Gasteiger partial charge on any atom is 0.416 e. The lowest BCUT2D eigenvalue weighted by atomic mass is 10.1. The van der Waals surface area contributed by atoms with Crippen molar-refractivity contribution in [3.05, 3.63) is 63.1 Å². The number of halogens is 3. The second-order valence-electron chi connectivity index (χ2n) is 4.54. The number of rotatable bonds is 2. The van der Waals surface area contributed by atoms with Crippen molar-refractivity contribution in [1.29, 1.82) is 0 Å². The van der Waals surface area contributed by atoms with E-state index in [0.29, 0.717) is 16.8 Å². The summed E-state index contributed by atoms with van der Waals surface area (Å²) in [5.74, 6) is -0.346. The van der Waals surface area contributed by atoms with E-state index >= 15 is 0 Å². The van der Waals surface area contributed by atoms with Gasteiger partial charge in [0, 0.05) is 5.69 Å². The number of pyridine rings is 1. The smallest absolute Gasteiger partial charge is 0.416 e. The highest BCUT2D eigenvalue weighted by Gasteiger charge is 2.29. The van der Waals surface area contributed by atoms with Gasteiger partial charge in [-0.25, -0.2) is 0 Å². The van der Waals surface area contributed by atoms with Gasteiger partial charge in [-0.15, -0.1) is 0 Å². The molecule has 6 heteroatoms. The number of aromatic amines is 1. The van der Waals surface area contributed by atoms with Crippen LogP contribution in [-0.4, -0.2) is 10.1 Å². The minimum Gasteiger partial charge on any atom is -0.503 e. The molecule has 2 N–H and O–H groups in total. The number of benzene rings is 1. The Morgan fingerprint density at radius 1 is 1.14 bits per heavy atom. The van der Waals surface area contributed by atoms with Crippen LogP contribution in [0.25, 0.3) is 12.2 Å². The Morgan fingerprint density at radius 2 is 1.76 bits per heavy atom. The zero-order valence-corrected chi connectivity index (χ0v) is 11.0. The van der Waals surface area contributed by atoms with Crippen LogP contribution >= 0.6 is 0 Å². The summed E-state index contributed by atoms with van der Waals surface area (Å²) < 4.78 is 37.2. The second kappa shape index (κ2) is 5.47. The molecule has 0 fully saturated rings. The Morgan fingerprint density at radius 3 is 2.29 bits per heavy atom. The van der Waals surface area contributed by atoms with E-state index in [-0.39, 0.29) is 5.75 Å². The van der Waals surface area contributed by atoms with Crippen molar-refractivity contribution in [1.82, 2.24) is 4.98 Å². The van der Waals surface area contributed by atoms with Crippen molar-refractivity contribution in [2.24, 2.45) is 0 Å². The molecule has 0 saturated heterocycles. The van der Waals surface area contributed by atoms with Crippen LogP contribution < -0.4 is 5.56 Å². The van der Waals surface area contributed by atoms with Gasteiger partial charge in [0.05, 0.1) is 5.56 Å². The first-order chi connectivity index (χ1) is 9.77. The van der Waals surface area contributed by atoms with Crippen LogP contribution in [0, 0.1) is 6.92 Å². The third-order valence-corrected chi connectivity index (χ3v) is 2.91. The lowest BCUT2D eigenvalue weighted by Gasteiger charge is -2.06. The van der Waals surface area contributed by atoms with Crippen LogP contribution in [0.4, 0.5) is 13.2 Å². The average molecular weight is 295 g/mol. The molecular weight excluding hydrogens is 283 g/mol. The highest BCUT2D eigenvalue weighted by Crippen LogP contribution is 2.29. The fourth-order valence-corrected chi connectivity index (χ4v) is 1.77. The van der Waals surface area contributed by atoms with Gasteiger partial charge < -0.3 is 10.1 Å². The summed E-state index contributed by atoms with van der Waals surface area (Å²) in [5.41, 5.74) is 0.117. The van der Waals surface area contributed by atoms with Crippen molar-refractivity contribution in [3.8, 4) is 5.75 Å². The largest absolute Gasteiger partial charge is 0.503 e. The van der Waals surface area contributed by atoms with E-state index < -0.39 is 17.3 Å². The van der Waals surface area contributed by atoms with Gasteiger partial charge in [-0.1, -0.05) is 18.2 Å². The molecule has 0 saturated carbocycles. The zero-order valence-electron chi connectivity index (χ0n) is 11.0. The van der Waals surface area contributed by atoms with Crippen LogP contribution in [-0.2, 0) is 6.18 Å². The third-order valence-electron chi connectivity index (χ3n) is 2.91. The van der Waals surface area contributed by atoms with Gasteiger partial charge in [0.15, 0.2) is 5.75 Å². The molecule has 2 rings (SSSR count). The molecule has 0 atom stereocenters. The lowest BCUT2D eigenvalue weighted by molar-refractivity contribution is -0.137. The van der Waals surface area contributed by atoms with Gasteiger partial charge in [-0.05, 0) is 42.3 Å². The number of aryl methyl sites for hydroxylation is 1. The first-order valence-electron chi connectivity index (χ1n) is 6.05. The standard InChI is InChI=1S/C15H12F3NO2/c1-9-8-12(19-14(21)13(9)20)7-4-10-2-5-11(6-3-10)15(16,17)18/h2-8,20H,1H3,(H,19,21). The van der Waals surface area contributed by atoms with Crippen LogP contribution in [0.5, 0.6) is 5.75 Å². The van der Waals surface area contributed by atoms with Gasteiger partial charge in [0.25, 0.3) is 5.56 Å². The van der Waals surface area contributed by atoms with Crippen LogP contribution in [0.15, 0.2) is 35.1 Å². The van der Waals surface area contributed by atoms with Crippen molar-refractivity contribution in [2.75, 3.05) is 0 Å². The Balaban J connectivity index is 2.24. The van der Waals surface area contributed by atoms with E-state index in [2.05, 4.69) is 4.98 Å². The average Bonchev–Trinajstić information content (AvgIpc) is 2.42. The van der Waals surface area contributed by atoms with E-state index in [1.165, 1.54) is 12.1 Å². The van der Waals surface area contributed by atoms with Crippen LogP contribution in [0.3, 0.4) is 0 Å². The summed E-state index contributed by atoms with van der Waals surface area (Å²) in [4.78, 5) is 13.8. The molecule has 110 valence electrons. The number of alkyl halides is 3. The van der Waals surface area contributed by atoms with E-state index in [1.807, 2.05) is 0 Å². The van der Waals surface area contributed by atoms with Crippen LogP contribution in [0.2, 0.25) is 0 Å². The summed E-state index contributed by atoms with van der Waals surface area (Å²) in [5, 5.41) is 9.35. The molecule has 3 nitrogen and oxygen atoms in total. The Kier molecular flexibility index (Phi) is 3.88. The predicted molar refractivity (Wildman–Crippen MR) is 73.8 cm³/mol. The molecule has 0 spiro atoms. The van der Waals surface area contributed by atoms with E-state index in [9.17, 15) is 23.1 Å². The number of H-pyrrole nitrogens is 1. The fraction of sp³-hybridized carbons (Fsp3) is 0.133. The number of aromatic hydroxyl groups is 1. The maximum absolute atomic E-state index is 12.4. The molecule has 0 aliphatic rings. The molecule has 0 unspecified atom stereocenters. The summed E-state index contributed by atoms with van der Waals surface area (Å²) in [6.45, 7) is 1.58. The van der Waals surface area contributed by atoms with Gasteiger partial charge in [0.1, 0.15) is 0 Å². The Hall–Kier alpha value is -2.50. The number of nitrogens with one attached hydrogen (secondary N) is 1. The number of hydrogen-bond acceptors (Lipinski definition) is 2. The number of aromatic nitrogens is 1. The molecular formula is C15H12F3NO2. The van der Waals surface area contributed by atoms with E-state index in [0.717, 1.165) is 12.1 Å². The monoisotopic (exact) mass is 295 g/mol. The quantitative estimate of drug-likeness (QED) is 0.889. The summed E-state index contributed by atoms with van der Waals surface area (Å²) in [7, 11) is 0. The summed E-state index contributed by atoms with van der Waals surface area (Å²) in [6.07, 6.45) is -1.24. The molecule has 1 aromatic carbocycles. The molecule has 0 radical (unpaired) electrons. The molecule has 0 amide bonds. The van der Waals surface area contributed by atoms with Crippen molar-refractivity contribution >= 4 is 12.2 Å². The Bertz CT molecular complexity index is 728. The SMILES string of the molecule is Cc1cc(C=Cc2ccc(C(F)(F)F)cc2)[nH]c(=O)c1O. The number of hydrogen-bond donors (Lipinski definition) is 2. The molecule has 1 heterocycles. The van der Waals surface area contributed by atoms with Gasteiger partial charge >= 0.3 is 6.18 Å². The zero-order chi connectivity index (χ0) is 15.6. The normalized spacial score (nSPS) is 12.0. The molecule has 0 aliphatic heterocycles. The minimum absolute atomic E-state index is 0.346. The first-order valence-corrected chi connectivity index (χ1v) is 6.05. The highest BCUT2D eigenvalue weighted by molar-refractivity contribution is 5.68. The maximum atomic E-state index is 12.4. The molecule has 0 aliphatic carbocycles. The van der Waals surface area contributed by atoms with Gasteiger partial charge in [-0.3, -0.25) is 4.79 Å². The second-order valence-corrected chi connectivity index (χ2v) is 4.54. The Labute approximate surface area is 118 Å².